The van der Waals surface area contributed by atoms with Crippen molar-refractivity contribution in [1.29, 1.82) is 0 Å². The molecule has 2 aromatic rings. The number of likely N-dealkylation sites (tertiary alicyclic amines) is 1. The van der Waals surface area contributed by atoms with Gasteiger partial charge in [-0.15, -0.1) is 0 Å². The first-order valence-corrected chi connectivity index (χ1v) is 8.68. The van der Waals surface area contributed by atoms with Crippen molar-refractivity contribution in [2.45, 2.75) is 6.04 Å². The lowest BCUT2D eigenvalue weighted by molar-refractivity contribution is -0.140. The Morgan fingerprint density at radius 3 is 2.54 bits per heavy atom. The number of aliphatic hydroxyl groups is 2. The van der Waals surface area contributed by atoms with Gasteiger partial charge in [-0.05, 0) is 36.4 Å². The molecule has 0 bridgehead atoms. The monoisotopic (exact) mass is 386 g/mol. The minimum atomic E-state index is -0.899. The highest BCUT2D eigenvalue weighted by Crippen LogP contribution is 2.38. The number of carbonyl (C=O) groups is 2. The van der Waals surface area contributed by atoms with Crippen LogP contribution in [0, 0.1) is 5.82 Å². The lowest BCUT2D eigenvalue weighted by Gasteiger charge is -2.24. The molecular weight excluding hydrogens is 367 g/mol. The van der Waals surface area contributed by atoms with E-state index in [0.29, 0.717) is 5.69 Å². The van der Waals surface area contributed by atoms with Crippen LogP contribution in [0.2, 0.25) is 0 Å². The van der Waals surface area contributed by atoms with Crippen LogP contribution in [-0.4, -0.2) is 58.2 Å². The minimum absolute atomic E-state index is 0.0754. The van der Waals surface area contributed by atoms with Gasteiger partial charge < -0.3 is 19.8 Å². The summed E-state index contributed by atoms with van der Waals surface area (Å²) in [5.41, 5.74) is 0.516. The number of hydrogen-bond acceptors (Lipinski definition) is 6. The van der Waals surface area contributed by atoms with Crippen LogP contribution in [0.5, 0.6) is 0 Å². The number of rotatable bonds is 7. The van der Waals surface area contributed by atoms with E-state index in [1.165, 1.54) is 23.2 Å². The summed E-state index contributed by atoms with van der Waals surface area (Å²) >= 11 is 0. The summed E-state index contributed by atoms with van der Waals surface area (Å²) in [6.07, 6.45) is 1.52. The Labute approximate surface area is 160 Å². The van der Waals surface area contributed by atoms with E-state index in [0.717, 1.165) is 12.1 Å². The van der Waals surface area contributed by atoms with Crippen molar-refractivity contribution in [3.8, 4) is 0 Å². The van der Waals surface area contributed by atoms with Gasteiger partial charge in [-0.25, -0.2) is 4.39 Å². The van der Waals surface area contributed by atoms with E-state index in [2.05, 4.69) is 4.98 Å². The highest BCUT2D eigenvalue weighted by Gasteiger charge is 2.46. The number of Topliss-reactive ketones (excluding diaryl/α,β-unsaturated/α-hetero) is 1. The Morgan fingerprint density at radius 1 is 1.14 bits per heavy atom. The second-order valence-electron chi connectivity index (χ2n) is 6.09. The average Bonchev–Trinajstić information content (AvgIpc) is 2.97. The van der Waals surface area contributed by atoms with Crippen LogP contribution in [0.4, 0.5) is 4.39 Å². The van der Waals surface area contributed by atoms with Gasteiger partial charge in [0.15, 0.2) is 0 Å². The molecule has 0 saturated carbocycles. The van der Waals surface area contributed by atoms with E-state index in [1.54, 1.807) is 18.2 Å². The Morgan fingerprint density at radius 2 is 1.89 bits per heavy atom. The zero-order valence-corrected chi connectivity index (χ0v) is 14.9. The number of amides is 1. The molecule has 1 saturated heterocycles. The van der Waals surface area contributed by atoms with Crippen molar-refractivity contribution in [3.63, 3.8) is 0 Å². The van der Waals surface area contributed by atoms with E-state index in [9.17, 15) is 19.1 Å². The lowest BCUT2D eigenvalue weighted by atomic mass is 9.98. The normalized spacial score (nSPS) is 18.6. The summed E-state index contributed by atoms with van der Waals surface area (Å²) in [4.78, 5) is 30.8. The molecule has 28 heavy (non-hydrogen) atoms. The first-order chi connectivity index (χ1) is 13.5. The van der Waals surface area contributed by atoms with Gasteiger partial charge in [0.1, 0.15) is 17.6 Å². The number of halogens is 1. The Hall–Kier alpha value is -3.10. The van der Waals surface area contributed by atoms with E-state index in [1.807, 2.05) is 0 Å². The molecule has 146 valence electrons. The molecule has 1 aliphatic rings. The molecule has 7 nitrogen and oxygen atoms in total. The molecule has 1 aliphatic heterocycles. The van der Waals surface area contributed by atoms with Crippen LogP contribution in [0.25, 0.3) is 5.76 Å². The summed E-state index contributed by atoms with van der Waals surface area (Å²) in [7, 11) is 0. The fourth-order valence-electron chi connectivity index (χ4n) is 3.05. The number of benzene rings is 1. The summed E-state index contributed by atoms with van der Waals surface area (Å²) in [6, 6.07) is 9.13. The van der Waals surface area contributed by atoms with Crippen molar-refractivity contribution >= 4 is 17.4 Å². The number of carbonyl (C=O) groups excluding carboxylic acids is 2. The first kappa shape index (κ1) is 19.7. The maximum absolute atomic E-state index is 13.2. The molecule has 1 amide bonds. The molecule has 2 heterocycles. The zero-order chi connectivity index (χ0) is 20.1. The summed E-state index contributed by atoms with van der Waals surface area (Å²) in [5.74, 6) is -2.52. The second kappa shape index (κ2) is 8.73. The molecule has 8 heteroatoms. The Balaban J connectivity index is 2.03. The van der Waals surface area contributed by atoms with Crippen LogP contribution in [0.3, 0.4) is 0 Å². The maximum atomic E-state index is 13.2. The van der Waals surface area contributed by atoms with Crippen molar-refractivity contribution in [3.05, 3.63) is 71.3 Å². The molecule has 0 radical (unpaired) electrons. The van der Waals surface area contributed by atoms with E-state index in [4.69, 9.17) is 9.84 Å². The van der Waals surface area contributed by atoms with Crippen LogP contribution >= 0.6 is 0 Å². The fourth-order valence-corrected chi connectivity index (χ4v) is 3.05. The molecule has 2 N–H and O–H groups in total. The van der Waals surface area contributed by atoms with Gasteiger partial charge in [-0.3, -0.25) is 14.6 Å². The van der Waals surface area contributed by atoms with Crippen molar-refractivity contribution in [1.82, 2.24) is 9.88 Å². The number of pyridine rings is 1. The highest BCUT2D eigenvalue weighted by molar-refractivity contribution is 6.46. The summed E-state index contributed by atoms with van der Waals surface area (Å²) < 4.78 is 18.4. The minimum Gasteiger partial charge on any atom is -0.507 e. The number of hydrogen-bond donors (Lipinski definition) is 2. The molecule has 1 fully saturated rings. The van der Waals surface area contributed by atoms with E-state index in [-0.39, 0.29) is 37.5 Å². The quantitative estimate of drug-likeness (QED) is 0.325. The molecule has 1 atom stereocenters. The van der Waals surface area contributed by atoms with Crippen LogP contribution in [0.15, 0.2) is 54.2 Å². The smallest absolute Gasteiger partial charge is 0.295 e. The zero-order valence-electron chi connectivity index (χ0n) is 14.9. The number of ether oxygens (including phenoxy) is 1. The Bertz CT molecular complexity index is 883. The predicted molar refractivity (Wildman–Crippen MR) is 97.6 cm³/mol. The number of aromatic nitrogens is 1. The number of ketones is 1. The highest BCUT2D eigenvalue weighted by atomic mass is 19.1. The van der Waals surface area contributed by atoms with Gasteiger partial charge in [0.05, 0.1) is 31.1 Å². The molecule has 1 aromatic carbocycles. The molecule has 0 aliphatic carbocycles. The molecular formula is C20H19FN2O5. The van der Waals surface area contributed by atoms with Crippen molar-refractivity contribution < 1.29 is 28.9 Å². The number of nitrogens with zero attached hydrogens (tertiary/aromatic N) is 2. The largest absolute Gasteiger partial charge is 0.507 e. The topological polar surface area (TPSA) is 100.0 Å². The van der Waals surface area contributed by atoms with Gasteiger partial charge in [-0.2, -0.15) is 0 Å². The summed E-state index contributed by atoms with van der Waals surface area (Å²) in [6.45, 7) is 0.125. The van der Waals surface area contributed by atoms with Crippen LogP contribution in [-0.2, 0) is 14.3 Å². The van der Waals surface area contributed by atoms with Crippen molar-refractivity contribution in [2.75, 3.05) is 26.4 Å². The van der Waals surface area contributed by atoms with Gasteiger partial charge >= 0.3 is 0 Å². The van der Waals surface area contributed by atoms with Gasteiger partial charge in [0.25, 0.3) is 11.7 Å². The van der Waals surface area contributed by atoms with Gasteiger partial charge in [-0.1, -0.05) is 6.07 Å². The van der Waals surface area contributed by atoms with E-state index >= 15 is 0 Å². The lowest BCUT2D eigenvalue weighted by Crippen LogP contribution is -2.33. The number of aliphatic hydroxyl groups excluding tert-OH is 2. The van der Waals surface area contributed by atoms with Gasteiger partial charge in [0.2, 0.25) is 0 Å². The Kier molecular flexibility index (Phi) is 6.13. The predicted octanol–water partition coefficient (Wildman–Crippen LogP) is 1.65. The maximum Gasteiger partial charge on any atom is 0.295 e. The summed E-state index contributed by atoms with van der Waals surface area (Å²) in [5, 5.41) is 19.5. The molecule has 1 unspecified atom stereocenters. The third-order valence-corrected chi connectivity index (χ3v) is 4.34. The third kappa shape index (κ3) is 3.92. The molecule has 0 spiro atoms. The second-order valence-corrected chi connectivity index (χ2v) is 6.09. The fraction of sp³-hybridized carbons (Fsp3) is 0.250. The van der Waals surface area contributed by atoms with Crippen LogP contribution < -0.4 is 0 Å². The van der Waals surface area contributed by atoms with Crippen LogP contribution in [0.1, 0.15) is 17.3 Å². The average molecular weight is 386 g/mol. The first-order valence-electron chi connectivity index (χ1n) is 8.68. The van der Waals surface area contributed by atoms with Gasteiger partial charge in [0, 0.05) is 18.3 Å². The SMILES string of the molecule is O=C1C(=O)N(CCOCCO)C(c2ccccn2)/C1=C(/O)c1ccc(F)cc1. The van der Waals surface area contributed by atoms with Crippen molar-refractivity contribution in [2.24, 2.45) is 0 Å². The molecule has 3 rings (SSSR count). The third-order valence-electron chi connectivity index (χ3n) is 4.34. The standard InChI is InChI=1S/C20H19FN2O5/c21-14-6-4-13(5-7-14)18(25)16-17(15-3-1-2-8-22-15)23(20(27)19(16)26)9-11-28-12-10-24/h1-8,17,24-25H,9-12H2/b18-16-. The van der Waals surface area contributed by atoms with E-state index < -0.39 is 29.3 Å². The molecule has 1 aromatic heterocycles.